The second-order valence-corrected chi connectivity index (χ2v) is 7.80. The van der Waals surface area contributed by atoms with E-state index in [1.54, 1.807) is 0 Å². The highest BCUT2D eigenvalue weighted by Gasteiger charge is 2.21. The van der Waals surface area contributed by atoms with E-state index < -0.39 is 0 Å². The van der Waals surface area contributed by atoms with Gasteiger partial charge in [-0.1, -0.05) is 80.6 Å². The first kappa shape index (κ1) is 19.9. The molecule has 0 aliphatic rings. The van der Waals surface area contributed by atoms with Gasteiger partial charge in [-0.05, 0) is 47.9 Å². The number of benzene rings is 3. The van der Waals surface area contributed by atoms with Gasteiger partial charge >= 0.3 is 0 Å². The zero-order valence-corrected chi connectivity index (χ0v) is 16.9. The summed E-state index contributed by atoms with van der Waals surface area (Å²) in [6, 6.07) is 26.5. The van der Waals surface area contributed by atoms with Crippen LogP contribution in [0.2, 0.25) is 0 Å². The van der Waals surface area contributed by atoms with Gasteiger partial charge in [-0.25, -0.2) is 0 Å². The molecule has 0 aliphatic heterocycles. The van der Waals surface area contributed by atoms with E-state index in [-0.39, 0.29) is 5.41 Å². The zero-order valence-electron chi connectivity index (χ0n) is 16.9. The Morgan fingerprint density at radius 3 is 2.21 bits per heavy atom. The van der Waals surface area contributed by atoms with Crippen LogP contribution in [0.1, 0.15) is 37.5 Å². The molecule has 0 radical (unpaired) electrons. The van der Waals surface area contributed by atoms with Crippen LogP contribution in [0.15, 0.2) is 85.4 Å². The average Bonchev–Trinajstić information content (AvgIpc) is 2.69. The third-order valence-electron chi connectivity index (χ3n) is 4.77. The van der Waals surface area contributed by atoms with E-state index in [0.29, 0.717) is 13.2 Å². The van der Waals surface area contributed by atoms with Gasteiger partial charge in [0.2, 0.25) is 0 Å². The van der Waals surface area contributed by atoms with Crippen molar-refractivity contribution in [1.82, 2.24) is 0 Å². The molecule has 3 aromatic carbocycles. The fourth-order valence-corrected chi connectivity index (χ4v) is 3.04. The van der Waals surface area contributed by atoms with Gasteiger partial charge in [0.15, 0.2) is 0 Å². The fraction of sp³-hybridized carbons (Fsp3) is 0.231. The molecule has 0 saturated heterocycles. The quantitative estimate of drug-likeness (QED) is 0.423. The van der Waals surface area contributed by atoms with E-state index in [2.05, 4.69) is 50.8 Å². The number of hydrogen-bond donors (Lipinski definition) is 0. The number of allylic oxidation sites excluding steroid dienone is 1. The van der Waals surface area contributed by atoms with Crippen LogP contribution in [0.3, 0.4) is 0 Å². The first-order valence-corrected chi connectivity index (χ1v) is 9.60. The summed E-state index contributed by atoms with van der Waals surface area (Å²) in [6.07, 6.45) is 0. The molecule has 0 fully saturated rings. The molecule has 0 atom stereocenters. The predicted molar refractivity (Wildman–Crippen MR) is 117 cm³/mol. The number of hydrogen-bond acceptors (Lipinski definition) is 2. The molecule has 28 heavy (non-hydrogen) atoms. The first-order chi connectivity index (χ1) is 13.4. The molecule has 3 aromatic rings. The van der Waals surface area contributed by atoms with Crippen LogP contribution in [0, 0.1) is 0 Å². The van der Waals surface area contributed by atoms with Crippen LogP contribution >= 0.6 is 0 Å². The minimum Gasteiger partial charge on any atom is -0.457 e. The maximum atomic E-state index is 6.05. The molecule has 0 bridgehead atoms. The maximum Gasteiger partial charge on any atom is 0.127 e. The molecule has 0 aliphatic carbocycles. The van der Waals surface area contributed by atoms with E-state index in [1.165, 1.54) is 11.1 Å². The van der Waals surface area contributed by atoms with Crippen molar-refractivity contribution in [3.8, 4) is 11.5 Å². The lowest BCUT2D eigenvalue weighted by Gasteiger charge is -2.25. The Morgan fingerprint density at radius 2 is 1.54 bits per heavy atom. The summed E-state index contributed by atoms with van der Waals surface area (Å²) in [6.45, 7) is 11.6. The SMILES string of the molecule is C=C(C)c1ccc(C(C)(C)COCc2cccc(Oc3ccccc3)c2)cc1. The molecule has 0 aromatic heterocycles. The monoisotopic (exact) mass is 372 g/mol. The topological polar surface area (TPSA) is 18.5 Å². The van der Waals surface area contributed by atoms with Gasteiger partial charge < -0.3 is 9.47 Å². The van der Waals surface area contributed by atoms with Gasteiger partial charge in [0.25, 0.3) is 0 Å². The summed E-state index contributed by atoms with van der Waals surface area (Å²) in [5.41, 5.74) is 4.56. The van der Waals surface area contributed by atoms with Crippen LogP contribution in [0.25, 0.3) is 5.57 Å². The van der Waals surface area contributed by atoms with Gasteiger partial charge in [-0.3, -0.25) is 0 Å². The standard InChI is InChI=1S/C26H28O2/c1-20(2)22-13-15-23(16-14-22)26(3,4)19-27-18-21-9-8-12-25(17-21)28-24-10-6-5-7-11-24/h5-17H,1,18-19H2,2-4H3. The van der Waals surface area contributed by atoms with Crippen molar-refractivity contribution < 1.29 is 9.47 Å². The van der Waals surface area contributed by atoms with Crippen molar-refractivity contribution in [1.29, 1.82) is 0 Å². The van der Waals surface area contributed by atoms with Crippen molar-refractivity contribution in [2.24, 2.45) is 0 Å². The second-order valence-electron chi connectivity index (χ2n) is 7.80. The summed E-state index contributed by atoms with van der Waals surface area (Å²) in [4.78, 5) is 0. The first-order valence-electron chi connectivity index (χ1n) is 9.60. The molecule has 0 spiro atoms. The Kier molecular flexibility index (Phi) is 6.33. The lowest BCUT2D eigenvalue weighted by Crippen LogP contribution is -2.24. The highest BCUT2D eigenvalue weighted by atomic mass is 16.5. The molecule has 0 heterocycles. The van der Waals surface area contributed by atoms with Gasteiger partial charge in [-0.2, -0.15) is 0 Å². The van der Waals surface area contributed by atoms with Crippen molar-refractivity contribution in [2.45, 2.75) is 32.8 Å². The Bertz CT molecular complexity index is 909. The maximum absolute atomic E-state index is 6.05. The van der Waals surface area contributed by atoms with Crippen LogP contribution in [0.4, 0.5) is 0 Å². The van der Waals surface area contributed by atoms with Crippen LogP contribution in [-0.2, 0) is 16.8 Å². The highest BCUT2D eigenvalue weighted by molar-refractivity contribution is 5.61. The summed E-state index contributed by atoms with van der Waals surface area (Å²) in [5, 5.41) is 0. The van der Waals surface area contributed by atoms with Gasteiger partial charge in [-0.15, -0.1) is 0 Å². The third-order valence-corrected chi connectivity index (χ3v) is 4.77. The van der Waals surface area contributed by atoms with E-state index in [9.17, 15) is 0 Å². The van der Waals surface area contributed by atoms with Gasteiger partial charge in [0, 0.05) is 5.41 Å². The zero-order chi connectivity index (χ0) is 20.0. The minimum absolute atomic E-state index is 0.0637. The van der Waals surface area contributed by atoms with E-state index in [0.717, 1.165) is 22.6 Å². The number of ether oxygens (including phenoxy) is 2. The average molecular weight is 373 g/mol. The van der Waals surface area contributed by atoms with Gasteiger partial charge in [0.05, 0.1) is 13.2 Å². The van der Waals surface area contributed by atoms with Gasteiger partial charge in [0.1, 0.15) is 11.5 Å². The Hall–Kier alpha value is -2.84. The normalized spacial score (nSPS) is 11.2. The second kappa shape index (κ2) is 8.90. The van der Waals surface area contributed by atoms with E-state index in [1.807, 2.05) is 55.5 Å². The predicted octanol–water partition coefficient (Wildman–Crippen LogP) is 7.01. The summed E-state index contributed by atoms with van der Waals surface area (Å²) in [7, 11) is 0. The highest BCUT2D eigenvalue weighted by Crippen LogP contribution is 2.26. The molecular weight excluding hydrogens is 344 g/mol. The molecule has 144 valence electrons. The van der Waals surface area contributed by atoms with E-state index in [4.69, 9.17) is 9.47 Å². The van der Waals surface area contributed by atoms with Crippen LogP contribution in [0.5, 0.6) is 11.5 Å². The Labute approximate surface area is 168 Å². The number of para-hydroxylation sites is 1. The largest absolute Gasteiger partial charge is 0.457 e. The molecule has 0 amide bonds. The van der Waals surface area contributed by atoms with Crippen molar-refractivity contribution >= 4 is 5.57 Å². The molecule has 0 N–H and O–H groups in total. The van der Waals surface area contributed by atoms with Crippen molar-refractivity contribution in [2.75, 3.05) is 6.61 Å². The molecule has 3 rings (SSSR count). The van der Waals surface area contributed by atoms with Crippen molar-refractivity contribution in [3.63, 3.8) is 0 Å². The summed E-state index contributed by atoms with van der Waals surface area (Å²) in [5.74, 6) is 1.65. The molecule has 2 heteroatoms. The van der Waals surface area contributed by atoms with Crippen LogP contribution in [-0.4, -0.2) is 6.61 Å². The fourth-order valence-electron chi connectivity index (χ4n) is 3.04. The smallest absolute Gasteiger partial charge is 0.127 e. The molecular formula is C26H28O2. The van der Waals surface area contributed by atoms with E-state index >= 15 is 0 Å². The molecule has 0 unspecified atom stereocenters. The van der Waals surface area contributed by atoms with Crippen LogP contribution < -0.4 is 4.74 Å². The molecule has 0 saturated carbocycles. The van der Waals surface area contributed by atoms with Crippen molar-refractivity contribution in [3.05, 3.63) is 102 Å². The lowest BCUT2D eigenvalue weighted by atomic mass is 9.85. The molecule has 2 nitrogen and oxygen atoms in total. The summed E-state index contributed by atoms with van der Waals surface area (Å²) < 4.78 is 12.0. The lowest BCUT2D eigenvalue weighted by molar-refractivity contribution is 0.0824. The third kappa shape index (κ3) is 5.34. The summed E-state index contributed by atoms with van der Waals surface area (Å²) >= 11 is 0. The Morgan fingerprint density at radius 1 is 0.857 bits per heavy atom. The number of rotatable bonds is 8. The Balaban J connectivity index is 1.58. The minimum atomic E-state index is -0.0637.